The van der Waals surface area contributed by atoms with E-state index in [1.54, 1.807) is 7.05 Å². The minimum Gasteiger partial charge on any atom is -0.453 e. The van der Waals surface area contributed by atoms with Crippen molar-refractivity contribution in [3.8, 4) is 0 Å². The highest BCUT2D eigenvalue weighted by Crippen LogP contribution is 2.32. The fraction of sp³-hybridized carbons (Fsp3) is 0.556. The van der Waals surface area contributed by atoms with E-state index < -0.39 is 6.09 Å². The summed E-state index contributed by atoms with van der Waals surface area (Å²) in [4.78, 5) is 24.9. The molecule has 0 spiro atoms. The van der Waals surface area contributed by atoms with Crippen LogP contribution in [0.15, 0.2) is 30.3 Å². The smallest absolute Gasteiger partial charge is 0.406 e. The van der Waals surface area contributed by atoms with Crippen molar-refractivity contribution in [3.63, 3.8) is 0 Å². The van der Waals surface area contributed by atoms with Gasteiger partial charge in [0, 0.05) is 32.6 Å². The van der Waals surface area contributed by atoms with E-state index in [0.717, 1.165) is 24.9 Å². The van der Waals surface area contributed by atoms with E-state index in [1.165, 1.54) is 7.11 Å². The van der Waals surface area contributed by atoms with Crippen LogP contribution in [0, 0.1) is 5.92 Å². The summed E-state index contributed by atoms with van der Waals surface area (Å²) in [6, 6.07) is 9.96. The molecule has 0 bridgehead atoms. The van der Waals surface area contributed by atoms with Crippen molar-refractivity contribution < 1.29 is 19.1 Å². The highest BCUT2D eigenvalue weighted by Gasteiger charge is 2.30. The maximum atomic E-state index is 12.0. The van der Waals surface area contributed by atoms with Crippen LogP contribution in [0.1, 0.15) is 24.5 Å². The highest BCUT2D eigenvalue weighted by molar-refractivity contribution is 5.73. The lowest BCUT2D eigenvalue weighted by molar-refractivity contribution is -0.00837. The molecule has 0 unspecified atom stereocenters. The summed E-state index contributed by atoms with van der Waals surface area (Å²) in [6.45, 7) is 2.18. The van der Waals surface area contributed by atoms with Crippen LogP contribution >= 0.6 is 0 Å². The maximum absolute atomic E-state index is 12.0. The number of urea groups is 1. The summed E-state index contributed by atoms with van der Waals surface area (Å²) in [5, 5.41) is 5.31. The Hall–Kier alpha value is -2.28. The molecule has 0 radical (unpaired) electrons. The van der Waals surface area contributed by atoms with E-state index in [0.29, 0.717) is 19.7 Å². The van der Waals surface area contributed by atoms with E-state index in [4.69, 9.17) is 4.74 Å². The molecule has 1 aliphatic heterocycles. The third-order valence-corrected chi connectivity index (χ3v) is 4.37. The Balaban J connectivity index is 2.01. The molecule has 7 nitrogen and oxygen atoms in total. The molecule has 1 aromatic carbocycles. The van der Waals surface area contributed by atoms with E-state index in [1.807, 2.05) is 35.2 Å². The van der Waals surface area contributed by atoms with Gasteiger partial charge < -0.3 is 25.0 Å². The molecule has 0 saturated carbocycles. The molecule has 2 atom stereocenters. The fourth-order valence-electron chi connectivity index (χ4n) is 3.16. The van der Waals surface area contributed by atoms with Crippen LogP contribution in [0.5, 0.6) is 0 Å². The Kier molecular flexibility index (Phi) is 7.53. The van der Waals surface area contributed by atoms with Gasteiger partial charge in [0.1, 0.15) is 0 Å². The van der Waals surface area contributed by atoms with Crippen molar-refractivity contribution in [2.45, 2.75) is 18.9 Å². The van der Waals surface area contributed by atoms with Crippen molar-refractivity contribution >= 4 is 12.1 Å². The number of methoxy groups -OCH3 is 1. The van der Waals surface area contributed by atoms with E-state index in [2.05, 4.69) is 15.4 Å². The lowest BCUT2D eigenvalue weighted by Crippen LogP contribution is -2.46. The number of benzene rings is 1. The number of ether oxygens (including phenoxy) is 2. The number of carbonyl (C=O) groups excluding carboxylic acids is 2. The van der Waals surface area contributed by atoms with Gasteiger partial charge in [-0.3, -0.25) is 0 Å². The molecule has 3 amide bonds. The lowest BCUT2D eigenvalue weighted by atomic mass is 9.88. The lowest BCUT2D eigenvalue weighted by Gasteiger charge is -2.36. The number of carbonyl (C=O) groups is 2. The molecule has 1 fully saturated rings. The van der Waals surface area contributed by atoms with Crippen molar-refractivity contribution in [2.24, 2.45) is 5.92 Å². The Bertz CT molecular complexity index is 553. The van der Waals surface area contributed by atoms with Crippen LogP contribution in [0.3, 0.4) is 0 Å². The minimum atomic E-state index is -0.469. The molecule has 25 heavy (non-hydrogen) atoms. The quantitative estimate of drug-likeness (QED) is 0.771. The van der Waals surface area contributed by atoms with Gasteiger partial charge in [-0.05, 0) is 18.4 Å². The SMILES string of the molecule is CNC(=O)N1CCC[C@@H]([C@@H](OCCNC(=O)OC)c2ccccc2)C1. The van der Waals surface area contributed by atoms with Crippen molar-refractivity contribution in [3.05, 3.63) is 35.9 Å². The molecular formula is C18H27N3O4. The van der Waals surface area contributed by atoms with E-state index in [-0.39, 0.29) is 18.1 Å². The first-order valence-corrected chi connectivity index (χ1v) is 8.60. The number of rotatable bonds is 6. The molecule has 1 aliphatic rings. The molecule has 0 aliphatic carbocycles. The second kappa shape index (κ2) is 9.88. The zero-order valence-electron chi connectivity index (χ0n) is 14.9. The first-order valence-electron chi connectivity index (χ1n) is 8.60. The number of alkyl carbamates (subject to hydrolysis) is 1. The number of nitrogens with zero attached hydrogens (tertiary/aromatic N) is 1. The summed E-state index contributed by atoms with van der Waals surface area (Å²) in [5.74, 6) is 0.214. The first kappa shape index (κ1) is 19.1. The number of piperidine rings is 1. The predicted molar refractivity (Wildman–Crippen MR) is 94.3 cm³/mol. The molecule has 0 aromatic heterocycles. The monoisotopic (exact) mass is 349 g/mol. The second-order valence-corrected chi connectivity index (χ2v) is 6.02. The number of hydrogen-bond donors (Lipinski definition) is 2. The van der Waals surface area contributed by atoms with Gasteiger partial charge in [0.15, 0.2) is 0 Å². The molecule has 1 heterocycles. The van der Waals surface area contributed by atoms with Gasteiger partial charge in [0.05, 0.1) is 19.8 Å². The zero-order chi connectivity index (χ0) is 18.1. The predicted octanol–water partition coefficient (Wildman–Crippen LogP) is 2.15. The van der Waals surface area contributed by atoms with Gasteiger partial charge in [-0.1, -0.05) is 30.3 Å². The summed E-state index contributed by atoms with van der Waals surface area (Å²) >= 11 is 0. The Labute approximate surface area is 148 Å². The van der Waals surface area contributed by atoms with Crippen molar-refractivity contribution in [1.82, 2.24) is 15.5 Å². The van der Waals surface area contributed by atoms with Crippen LogP contribution in [-0.2, 0) is 9.47 Å². The fourth-order valence-corrected chi connectivity index (χ4v) is 3.16. The topological polar surface area (TPSA) is 79.9 Å². The Morgan fingerprint density at radius 1 is 1.32 bits per heavy atom. The van der Waals surface area contributed by atoms with Gasteiger partial charge in [0.2, 0.25) is 0 Å². The van der Waals surface area contributed by atoms with E-state index >= 15 is 0 Å². The van der Waals surface area contributed by atoms with Gasteiger partial charge in [0.25, 0.3) is 0 Å². The third-order valence-electron chi connectivity index (χ3n) is 4.37. The minimum absolute atomic E-state index is 0.0520. The van der Waals surface area contributed by atoms with Crippen LogP contribution < -0.4 is 10.6 Å². The molecule has 1 aromatic rings. The molecule has 1 saturated heterocycles. The normalized spacial score (nSPS) is 18.3. The maximum Gasteiger partial charge on any atom is 0.406 e. The van der Waals surface area contributed by atoms with Crippen molar-refractivity contribution in [1.29, 1.82) is 0 Å². The highest BCUT2D eigenvalue weighted by atomic mass is 16.5. The van der Waals surface area contributed by atoms with Gasteiger partial charge in [-0.2, -0.15) is 0 Å². The first-order chi connectivity index (χ1) is 12.2. The number of hydrogen-bond acceptors (Lipinski definition) is 4. The third kappa shape index (κ3) is 5.63. The summed E-state index contributed by atoms with van der Waals surface area (Å²) in [6.07, 6.45) is 1.36. The average molecular weight is 349 g/mol. The standard InChI is InChI=1S/C18H27N3O4/c1-19-17(22)21-11-6-9-15(13-21)16(14-7-4-3-5-8-14)25-12-10-20-18(23)24-2/h3-5,7-8,15-16H,6,9-13H2,1-2H3,(H,19,22)(H,20,23)/t15-,16+/m1/s1. The molecule has 7 heteroatoms. The van der Waals surface area contributed by atoms with Crippen LogP contribution in [0.25, 0.3) is 0 Å². The molecule has 2 rings (SSSR count). The average Bonchev–Trinajstić information content (AvgIpc) is 2.67. The molecule has 2 N–H and O–H groups in total. The second-order valence-electron chi connectivity index (χ2n) is 6.02. The van der Waals surface area contributed by atoms with Crippen LogP contribution in [-0.4, -0.2) is 57.4 Å². The number of likely N-dealkylation sites (tertiary alicyclic amines) is 1. The zero-order valence-corrected chi connectivity index (χ0v) is 14.9. The summed E-state index contributed by atoms with van der Waals surface area (Å²) in [7, 11) is 2.98. The van der Waals surface area contributed by atoms with E-state index in [9.17, 15) is 9.59 Å². The van der Waals surface area contributed by atoms with Crippen LogP contribution in [0.4, 0.5) is 9.59 Å². The number of amides is 3. The largest absolute Gasteiger partial charge is 0.453 e. The van der Waals surface area contributed by atoms with Gasteiger partial charge in [-0.15, -0.1) is 0 Å². The summed E-state index contributed by atoms with van der Waals surface area (Å²) < 4.78 is 10.6. The van der Waals surface area contributed by atoms with Gasteiger partial charge in [-0.25, -0.2) is 9.59 Å². The summed E-state index contributed by atoms with van der Waals surface area (Å²) in [5.41, 5.74) is 1.09. The van der Waals surface area contributed by atoms with Crippen molar-refractivity contribution in [2.75, 3.05) is 40.4 Å². The molecule has 138 valence electrons. The number of nitrogens with one attached hydrogen (secondary N) is 2. The Morgan fingerprint density at radius 3 is 2.76 bits per heavy atom. The molecular weight excluding hydrogens is 322 g/mol. The van der Waals surface area contributed by atoms with Crippen LogP contribution in [0.2, 0.25) is 0 Å². The Morgan fingerprint density at radius 2 is 2.08 bits per heavy atom. The van der Waals surface area contributed by atoms with Gasteiger partial charge >= 0.3 is 12.1 Å².